The van der Waals surface area contributed by atoms with Gasteiger partial charge in [0.2, 0.25) is 0 Å². The van der Waals surface area contributed by atoms with Gasteiger partial charge in [0.15, 0.2) is 0 Å². The minimum absolute atomic E-state index is 0.0658. The number of hydrogen-bond donors (Lipinski definition) is 1. The van der Waals surface area contributed by atoms with Crippen molar-refractivity contribution < 1.29 is 27.5 Å². The second kappa shape index (κ2) is 12.5. The van der Waals surface area contributed by atoms with Crippen molar-refractivity contribution in [2.75, 3.05) is 0 Å². The number of thioether (sulfide) groups is 1. The Morgan fingerprint density at radius 2 is 1.79 bits per heavy atom. The summed E-state index contributed by atoms with van der Waals surface area (Å²) in [7, 11) is 0. The van der Waals surface area contributed by atoms with Gasteiger partial charge in [0.25, 0.3) is 0 Å². The number of aryl methyl sites for hydroxylation is 3. The molecule has 1 aromatic heterocycles. The summed E-state index contributed by atoms with van der Waals surface area (Å²) in [6.45, 7) is 1.94. The number of carboxylic acids is 1. The number of aromatic nitrogens is 1. The number of aliphatic carboxylic acids is 1. The van der Waals surface area contributed by atoms with Crippen LogP contribution in [0.25, 0.3) is 10.6 Å². The molecule has 0 aliphatic carbocycles. The monoisotopic (exact) mass is 593 g/mol. The van der Waals surface area contributed by atoms with Gasteiger partial charge in [-0.2, -0.15) is 13.2 Å². The van der Waals surface area contributed by atoms with E-state index in [4.69, 9.17) is 21.7 Å². The highest BCUT2D eigenvalue weighted by Gasteiger charge is 2.30. The SMILES string of the molecule is Cc1cc(SCc2sc(-c3ccc(C(F)(F)F)cc3)nc2CCc2c(F)cccc2Cl)ccc1CCC(=O)O. The summed E-state index contributed by atoms with van der Waals surface area (Å²) >= 11 is 9.20. The summed E-state index contributed by atoms with van der Waals surface area (Å²) in [5.41, 5.74) is 2.98. The van der Waals surface area contributed by atoms with E-state index in [1.165, 1.54) is 29.5 Å². The van der Waals surface area contributed by atoms with Crippen LogP contribution < -0.4 is 0 Å². The van der Waals surface area contributed by atoms with Gasteiger partial charge in [0.05, 0.1) is 11.3 Å². The highest BCUT2D eigenvalue weighted by Crippen LogP contribution is 2.36. The van der Waals surface area contributed by atoms with Crippen LogP contribution in [0.3, 0.4) is 0 Å². The third-order valence-corrected chi connectivity index (χ3v) is 8.91. The molecule has 1 heterocycles. The molecule has 0 bridgehead atoms. The quantitative estimate of drug-likeness (QED) is 0.147. The second-order valence-electron chi connectivity index (χ2n) is 8.93. The molecule has 0 atom stereocenters. The van der Waals surface area contributed by atoms with E-state index in [0.717, 1.165) is 38.7 Å². The van der Waals surface area contributed by atoms with Crippen molar-refractivity contribution in [2.24, 2.45) is 0 Å². The average Bonchev–Trinajstić information content (AvgIpc) is 3.29. The normalized spacial score (nSPS) is 11.6. The molecule has 1 N–H and O–H groups in total. The van der Waals surface area contributed by atoms with E-state index in [0.29, 0.717) is 46.2 Å². The lowest BCUT2D eigenvalue weighted by molar-refractivity contribution is -0.138. The molecule has 3 nitrogen and oxygen atoms in total. The molecule has 10 heteroatoms. The Morgan fingerprint density at radius 3 is 2.44 bits per heavy atom. The van der Waals surface area contributed by atoms with Gasteiger partial charge in [-0.25, -0.2) is 9.37 Å². The van der Waals surface area contributed by atoms with Crippen LogP contribution in [-0.2, 0) is 36.0 Å². The maximum Gasteiger partial charge on any atom is 0.416 e. The zero-order valence-electron chi connectivity index (χ0n) is 20.8. The molecule has 0 saturated heterocycles. The fourth-order valence-electron chi connectivity index (χ4n) is 4.06. The maximum absolute atomic E-state index is 14.4. The van der Waals surface area contributed by atoms with Crippen LogP contribution in [0, 0.1) is 12.7 Å². The Bertz CT molecular complexity index is 1450. The number of carbonyl (C=O) groups is 1. The Hall–Kier alpha value is -2.88. The third-order valence-electron chi connectivity index (χ3n) is 6.20. The van der Waals surface area contributed by atoms with Crippen molar-refractivity contribution in [3.8, 4) is 10.6 Å². The van der Waals surface area contributed by atoms with Crippen LogP contribution in [0.1, 0.15) is 39.2 Å². The highest BCUT2D eigenvalue weighted by molar-refractivity contribution is 7.98. The van der Waals surface area contributed by atoms with Crippen molar-refractivity contribution in [3.05, 3.63) is 104 Å². The van der Waals surface area contributed by atoms with Crippen LogP contribution in [0.5, 0.6) is 0 Å². The fourth-order valence-corrected chi connectivity index (χ4v) is 6.53. The number of rotatable bonds is 10. The zero-order valence-corrected chi connectivity index (χ0v) is 23.2. The van der Waals surface area contributed by atoms with Gasteiger partial charge in [-0.15, -0.1) is 23.1 Å². The fraction of sp³-hybridized carbons (Fsp3) is 0.241. The Kier molecular flexibility index (Phi) is 9.35. The van der Waals surface area contributed by atoms with Gasteiger partial charge in [-0.3, -0.25) is 4.79 Å². The first-order valence-corrected chi connectivity index (χ1v) is 14.2. The summed E-state index contributed by atoms with van der Waals surface area (Å²) in [5.74, 6) is -0.673. The molecule has 39 heavy (non-hydrogen) atoms. The van der Waals surface area contributed by atoms with Crippen molar-refractivity contribution in [3.63, 3.8) is 0 Å². The van der Waals surface area contributed by atoms with E-state index in [2.05, 4.69) is 0 Å². The third kappa shape index (κ3) is 7.62. The molecule has 0 unspecified atom stereocenters. The smallest absolute Gasteiger partial charge is 0.416 e. The first-order valence-electron chi connectivity index (χ1n) is 12.0. The molecule has 3 aromatic carbocycles. The Labute approximate surface area is 236 Å². The first kappa shape index (κ1) is 29.1. The zero-order chi connectivity index (χ0) is 28.2. The molecule has 204 valence electrons. The van der Waals surface area contributed by atoms with Gasteiger partial charge < -0.3 is 5.11 Å². The van der Waals surface area contributed by atoms with Crippen molar-refractivity contribution in [1.82, 2.24) is 4.98 Å². The predicted molar refractivity (Wildman–Crippen MR) is 148 cm³/mol. The largest absolute Gasteiger partial charge is 0.481 e. The molecular formula is C29H24ClF4NO2S2. The van der Waals surface area contributed by atoms with Gasteiger partial charge in [0, 0.05) is 38.1 Å². The molecule has 0 fully saturated rings. The van der Waals surface area contributed by atoms with Crippen LogP contribution >= 0.6 is 34.7 Å². The molecule has 4 aromatic rings. The molecule has 0 saturated carbocycles. The summed E-state index contributed by atoms with van der Waals surface area (Å²) in [5, 5.41) is 9.88. The van der Waals surface area contributed by atoms with Crippen LogP contribution in [-0.4, -0.2) is 16.1 Å². The lowest BCUT2D eigenvalue weighted by atomic mass is 10.0. The van der Waals surface area contributed by atoms with Crippen molar-refractivity contribution in [2.45, 2.75) is 49.4 Å². The molecular weight excluding hydrogens is 570 g/mol. The van der Waals surface area contributed by atoms with Crippen LogP contribution in [0.15, 0.2) is 65.6 Å². The lowest BCUT2D eigenvalue weighted by Crippen LogP contribution is -2.03. The first-order chi connectivity index (χ1) is 18.5. The van der Waals surface area contributed by atoms with E-state index < -0.39 is 23.5 Å². The summed E-state index contributed by atoms with van der Waals surface area (Å²) in [6.07, 6.45) is -3.15. The van der Waals surface area contributed by atoms with Crippen LogP contribution in [0.4, 0.5) is 17.6 Å². The van der Waals surface area contributed by atoms with Gasteiger partial charge in [0.1, 0.15) is 10.8 Å². The van der Waals surface area contributed by atoms with Gasteiger partial charge >= 0.3 is 12.1 Å². The molecule has 4 rings (SSSR count). The Morgan fingerprint density at radius 1 is 1.05 bits per heavy atom. The summed E-state index contributed by atoms with van der Waals surface area (Å²) in [4.78, 5) is 17.6. The number of halogens is 5. The molecule has 0 spiro atoms. The maximum atomic E-state index is 14.4. The number of alkyl halides is 3. The molecule has 0 aliphatic rings. The number of hydrogen-bond acceptors (Lipinski definition) is 4. The average molecular weight is 594 g/mol. The van der Waals surface area contributed by atoms with E-state index >= 15 is 0 Å². The predicted octanol–water partition coefficient (Wildman–Crippen LogP) is 9.02. The number of nitrogens with zero attached hydrogens (tertiary/aromatic N) is 1. The lowest BCUT2D eigenvalue weighted by Gasteiger charge is -2.08. The highest BCUT2D eigenvalue weighted by atomic mass is 35.5. The summed E-state index contributed by atoms with van der Waals surface area (Å²) < 4.78 is 53.4. The minimum atomic E-state index is -4.42. The minimum Gasteiger partial charge on any atom is -0.481 e. The van der Waals surface area contributed by atoms with E-state index in [1.54, 1.807) is 23.9 Å². The molecule has 0 aliphatic heterocycles. The second-order valence-corrected chi connectivity index (χ2v) is 11.5. The standard InChI is InChI=1S/C29H24ClF4NO2S2/c1-17-15-21(11-7-18(17)8-14-27(36)37)38-16-26-25(13-12-22-23(30)3-2-4-24(22)31)35-28(39-26)19-5-9-20(10-6-19)29(32,33)34/h2-7,9-11,15H,8,12-14,16H2,1H3,(H,36,37). The van der Waals surface area contributed by atoms with Crippen molar-refractivity contribution >= 4 is 40.7 Å². The summed E-state index contributed by atoms with van der Waals surface area (Å²) in [6, 6.07) is 15.3. The topological polar surface area (TPSA) is 50.2 Å². The molecule has 0 amide bonds. The van der Waals surface area contributed by atoms with E-state index in [9.17, 15) is 22.4 Å². The van der Waals surface area contributed by atoms with E-state index in [1.807, 2.05) is 25.1 Å². The van der Waals surface area contributed by atoms with Gasteiger partial charge in [-0.05, 0) is 73.7 Å². The van der Waals surface area contributed by atoms with Gasteiger partial charge in [-0.1, -0.05) is 35.9 Å². The number of benzene rings is 3. The van der Waals surface area contributed by atoms with E-state index in [-0.39, 0.29) is 6.42 Å². The molecule has 0 radical (unpaired) electrons. The van der Waals surface area contributed by atoms with Crippen LogP contribution in [0.2, 0.25) is 5.02 Å². The number of thiazole rings is 1. The van der Waals surface area contributed by atoms with Crippen molar-refractivity contribution in [1.29, 1.82) is 0 Å². The number of carboxylic acid groups (broad SMARTS) is 1. The Balaban J connectivity index is 1.57.